The van der Waals surface area contributed by atoms with Crippen molar-refractivity contribution in [2.24, 2.45) is 0 Å². The van der Waals surface area contributed by atoms with Gasteiger partial charge in [-0.05, 0) is 17.7 Å². The van der Waals surface area contributed by atoms with E-state index >= 15 is 0 Å². The molecular weight excluding hydrogens is 280 g/mol. The highest BCUT2D eigenvalue weighted by molar-refractivity contribution is 9.10. The van der Waals surface area contributed by atoms with Gasteiger partial charge in [0.2, 0.25) is 0 Å². The summed E-state index contributed by atoms with van der Waals surface area (Å²) < 4.78 is 0.799. The fourth-order valence-electron chi connectivity index (χ4n) is 1.04. The van der Waals surface area contributed by atoms with Gasteiger partial charge in [0.15, 0.2) is 0 Å². The molecule has 0 saturated heterocycles. The van der Waals surface area contributed by atoms with Crippen LogP contribution in [0.1, 0.15) is 15.9 Å². The Hall–Kier alpha value is -0.520. The molecule has 0 unspecified atom stereocenters. The van der Waals surface area contributed by atoms with Crippen molar-refractivity contribution in [3.8, 4) is 0 Å². The number of carboxylic acid groups (broad SMARTS) is 1. The van der Waals surface area contributed by atoms with Crippen LogP contribution in [-0.4, -0.2) is 28.5 Å². The van der Waals surface area contributed by atoms with E-state index < -0.39 is 5.97 Å². The number of carbonyl (C=O) groups is 1. The molecule has 1 rings (SSSR count). The van der Waals surface area contributed by atoms with Crippen molar-refractivity contribution >= 4 is 33.7 Å². The van der Waals surface area contributed by atoms with E-state index in [0.717, 1.165) is 15.8 Å². The van der Waals surface area contributed by atoms with Gasteiger partial charge < -0.3 is 10.2 Å². The molecule has 0 spiro atoms. The predicted molar refractivity (Wildman–Crippen MR) is 64.3 cm³/mol. The maximum absolute atomic E-state index is 10.7. The zero-order valence-corrected chi connectivity index (χ0v) is 10.3. The highest BCUT2D eigenvalue weighted by Gasteiger charge is 2.06. The zero-order valence-electron chi connectivity index (χ0n) is 7.94. The first-order valence-electron chi connectivity index (χ1n) is 4.35. The van der Waals surface area contributed by atoms with Gasteiger partial charge in [-0.3, -0.25) is 0 Å². The Bertz CT molecular complexity index is 355. The first kappa shape index (κ1) is 12.5. The average molecular weight is 291 g/mol. The van der Waals surface area contributed by atoms with Crippen molar-refractivity contribution in [2.45, 2.75) is 5.75 Å². The Morgan fingerprint density at radius 3 is 2.73 bits per heavy atom. The summed E-state index contributed by atoms with van der Waals surface area (Å²) in [6.45, 7) is 0.162. The lowest BCUT2D eigenvalue weighted by atomic mass is 10.1. The van der Waals surface area contributed by atoms with Crippen LogP contribution in [0.4, 0.5) is 0 Å². The molecule has 1 aromatic rings. The van der Waals surface area contributed by atoms with E-state index in [1.807, 2.05) is 0 Å². The molecule has 0 amide bonds. The van der Waals surface area contributed by atoms with Gasteiger partial charge >= 0.3 is 5.97 Å². The molecule has 0 aromatic heterocycles. The van der Waals surface area contributed by atoms with Crippen LogP contribution in [0.5, 0.6) is 0 Å². The highest BCUT2D eigenvalue weighted by atomic mass is 79.9. The highest BCUT2D eigenvalue weighted by Crippen LogP contribution is 2.23. The number of benzene rings is 1. The molecule has 0 aliphatic heterocycles. The Balaban J connectivity index is 2.70. The van der Waals surface area contributed by atoms with Crippen LogP contribution in [0.2, 0.25) is 0 Å². The minimum Gasteiger partial charge on any atom is -0.478 e. The normalized spacial score (nSPS) is 10.3. The fourth-order valence-corrected chi connectivity index (χ4v) is 2.49. The molecule has 0 atom stereocenters. The van der Waals surface area contributed by atoms with Crippen LogP contribution in [0.25, 0.3) is 0 Å². The number of hydrogen-bond donors (Lipinski definition) is 2. The third-order valence-electron chi connectivity index (χ3n) is 1.79. The second kappa shape index (κ2) is 6.15. The van der Waals surface area contributed by atoms with E-state index in [1.54, 1.807) is 30.0 Å². The zero-order chi connectivity index (χ0) is 11.3. The standard InChI is InChI=1S/C10H11BrO3S/c11-9-5-7(10(13)14)1-2-8(9)6-15-4-3-12/h1-2,5,12H,3-4,6H2,(H,13,14). The third-order valence-corrected chi connectivity index (χ3v) is 3.52. The van der Waals surface area contributed by atoms with Crippen molar-refractivity contribution in [3.05, 3.63) is 33.8 Å². The number of rotatable bonds is 5. The van der Waals surface area contributed by atoms with E-state index in [1.165, 1.54) is 0 Å². The second-order valence-electron chi connectivity index (χ2n) is 2.89. The van der Waals surface area contributed by atoms with Crippen molar-refractivity contribution in [2.75, 3.05) is 12.4 Å². The summed E-state index contributed by atoms with van der Waals surface area (Å²) >= 11 is 4.94. The number of thioether (sulfide) groups is 1. The SMILES string of the molecule is O=C(O)c1ccc(CSCCO)c(Br)c1. The van der Waals surface area contributed by atoms with E-state index in [4.69, 9.17) is 10.2 Å². The maximum atomic E-state index is 10.7. The van der Waals surface area contributed by atoms with E-state index in [-0.39, 0.29) is 12.2 Å². The van der Waals surface area contributed by atoms with Gasteiger partial charge in [-0.25, -0.2) is 4.79 Å². The molecule has 1 aromatic carbocycles. The van der Waals surface area contributed by atoms with Gasteiger partial charge in [0, 0.05) is 16.0 Å². The molecule has 3 nitrogen and oxygen atoms in total. The summed E-state index contributed by atoms with van der Waals surface area (Å²) in [4.78, 5) is 10.7. The molecule has 0 radical (unpaired) electrons. The molecule has 0 saturated carbocycles. The summed E-state index contributed by atoms with van der Waals surface area (Å²) in [6.07, 6.45) is 0. The lowest BCUT2D eigenvalue weighted by molar-refractivity contribution is 0.0697. The minimum absolute atomic E-state index is 0.162. The Labute approximate surface area is 101 Å². The molecule has 0 bridgehead atoms. The van der Waals surface area contributed by atoms with Gasteiger partial charge in [0.05, 0.1) is 12.2 Å². The van der Waals surface area contributed by atoms with Crippen molar-refractivity contribution in [1.29, 1.82) is 0 Å². The number of carboxylic acids is 1. The first-order chi connectivity index (χ1) is 7.15. The number of aliphatic hydroxyl groups excluding tert-OH is 1. The van der Waals surface area contributed by atoms with Crippen molar-refractivity contribution in [1.82, 2.24) is 0 Å². The van der Waals surface area contributed by atoms with Crippen LogP contribution in [-0.2, 0) is 5.75 Å². The van der Waals surface area contributed by atoms with Crippen LogP contribution < -0.4 is 0 Å². The summed E-state index contributed by atoms with van der Waals surface area (Å²) in [5.41, 5.74) is 1.32. The number of aromatic carboxylic acids is 1. The molecule has 5 heteroatoms. The molecule has 0 heterocycles. The predicted octanol–water partition coefficient (Wildman–Crippen LogP) is 2.37. The largest absolute Gasteiger partial charge is 0.478 e. The van der Waals surface area contributed by atoms with E-state index in [2.05, 4.69) is 15.9 Å². The summed E-state index contributed by atoms with van der Waals surface area (Å²) in [5.74, 6) is 0.527. The maximum Gasteiger partial charge on any atom is 0.335 e. The lowest BCUT2D eigenvalue weighted by Crippen LogP contribution is -1.97. The number of aliphatic hydroxyl groups is 1. The summed E-state index contributed by atoms with van der Waals surface area (Å²) in [7, 11) is 0. The Morgan fingerprint density at radius 1 is 1.47 bits per heavy atom. The Kier molecular flexibility index (Phi) is 5.14. The number of hydrogen-bond acceptors (Lipinski definition) is 3. The van der Waals surface area contributed by atoms with Gasteiger partial charge in [0.1, 0.15) is 0 Å². The molecule has 0 aliphatic carbocycles. The number of halogens is 1. The topological polar surface area (TPSA) is 57.5 Å². The third kappa shape index (κ3) is 3.85. The van der Waals surface area contributed by atoms with Gasteiger partial charge in [0.25, 0.3) is 0 Å². The molecular formula is C10H11BrO3S. The average Bonchev–Trinajstić information content (AvgIpc) is 2.20. The molecule has 0 aliphatic rings. The first-order valence-corrected chi connectivity index (χ1v) is 6.30. The Morgan fingerprint density at radius 2 is 2.20 bits per heavy atom. The quantitative estimate of drug-likeness (QED) is 0.818. The van der Waals surface area contributed by atoms with Crippen molar-refractivity contribution < 1.29 is 15.0 Å². The van der Waals surface area contributed by atoms with Gasteiger partial charge in [-0.2, -0.15) is 11.8 Å². The second-order valence-corrected chi connectivity index (χ2v) is 4.85. The molecule has 82 valence electrons. The van der Waals surface area contributed by atoms with Crippen molar-refractivity contribution in [3.63, 3.8) is 0 Å². The molecule has 2 N–H and O–H groups in total. The smallest absolute Gasteiger partial charge is 0.335 e. The van der Waals surface area contributed by atoms with Gasteiger partial charge in [-0.15, -0.1) is 0 Å². The monoisotopic (exact) mass is 290 g/mol. The van der Waals surface area contributed by atoms with E-state index in [9.17, 15) is 4.79 Å². The fraction of sp³-hybridized carbons (Fsp3) is 0.300. The summed E-state index contributed by atoms with van der Waals surface area (Å²) in [6, 6.07) is 4.97. The molecule has 15 heavy (non-hydrogen) atoms. The lowest BCUT2D eigenvalue weighted by Gasteiger charge is -2.04. The van der Waals surface area contributed by atoms with E-state index in [0.29, 0.717) is 5.75 Å². The minimum atomic E-state index is -0.926. The van der Waals surface area contributed by atoms with Crippen LogP contribution in [0, 0.1) is 0 Å². The van der Waals surface area contributed by atoms with Crippen LogP contribution in [0.3, 0.4) is 0 Å². The van der Waals surface area contributed by atoms with Crippen LogP contribution in [0.15, 0.2) is 22.7 Å². The molecule has 0 fully saturated rings. The van der Waals surface area contributed by atoms with Crippen LogP contribution >= 0.6 is 27.7 Å². The van der Waals surface area contributed by atoms with Gasteiger partial charge in [-0.1, -0.05) is 22.0 Å². The summed E-state index contributed by atoms with van der Waals surface area (Å²) in [5, 5.41) is 17.4.